The second-order valence-corrected chi connectivity index (χ2v) is 6.63. The van der Waals surface area contributed by atoms with Crippen molar-refractivity contribution in [3.8, 4) is 11.5 Å². The Labute approximate surface area is 157 Å². The van der Waals surface area contributed by atoms with E-state index in [1.165, 1.54) is 0 Å². The Balaban J connectivity index is 1.69. The van der Waals surface area contributed by atoms with Crippen molar-refractivity contribution in [2.75, 3.05) is 19.8 Å². The Morgan fingerprint density at radius 3 is 2.44 bits per heavy atom. The summed E-state index contributed by atoms with van der Waals surface area (Å²) in [6, 6.07) is 11.1. The number of carbonyl (C=O) groups is 1. The number of ether oxygens (including phenoxy) is 2. The highest BCUT2D eigenvalue weighted by Crippen LogP contribution is 2.31. The molecule has 0 aliphatic carbocycles. The predicted molar refractivity (Wildman–Crippen MR) is 98.7 cm³/mol. The van der Waals surface area contributed by atoms with Crippen molar-refractivity contribution in [1.29, 1.82) is 0 Å². The fourth-order valence-corrected chi connectivity index (χ4v) is 3.04. The number of hydrogen-bond acceptors (Lipinski definition) is 3. The molecule has 1 aliphatic rings. The van der Waals surface area contributed by atoms with Gasteiger partial charge in [0.2, 0.25) is 5.91 Å². The van der Waals surface area contributed by atoms with Gasteiger partial charge in [-0.2, -0.15) is 0 Å². The number of nitrogens with zero attached hydrogens (tertiary/aromatic N) is 1. The standard InChI is InChI=1S/C19H19Cl2NO3/c1-2-22(19(23)11-13-3-5-15(20)16(21)9-13)12-14-4-6-17-18(10-14)25-8-7-24-17/h3-6,9-10H,2,7-8,11-12H2,1H3. The zero-order valence-corrected chi connectivity index (χ0v) is 15.4. The summed E-state index contributed by atoms with van der Waals surface area (Å²) in [7, 11) is 0. The molecule has 2 aromatic rings. The number of rotatable bonds is 5. The molecule has 1 amide bonds. The maximum atomic E-state index is 12.6. The Kier molecular flexibility index (Phi) is 5.71. The largest absolute Gasteiger partial charge is 0.486 e. The first-order chi connectivity index (χ1) is 12.1. The maximum absolute atomic E-state index is 12.6. The molecule has 0 saturated carbocycles. The predicted octanol–water partition coefficient (Wildman–Crippen LogP) is 4.36. The van der Waals surface area contributed by atoms with Crippen LogP contribution in [-0.2, 0) is 17.8 Å². The lowest BCUT2D eigenvalue weighted by Gasteiger charge is -2.23. The molecule has 2 aromatic carbocycles. The molecule has 0 spiro atoms. The lowest BCUT2D eigenvalue weighted by molar-refractivity contribution is -0.130. The van der Waals surface area contributed by atoms with Crippen molar-refractivity contribution in [3.63, 3.8) is 0 Å². The minimum atomic E-state index is 0.0378. The molecule has 1 aliphatic heterocycles. The van der Waals surface area contributed by atoms with E-state index in [1.54, 1.807) is 17.0 Å². The van der Waals surface area contributed by atoms with Crippen molar-refractivity contribution in [2.24, 2.45) is 0 Å². The van der Waals surface area contributed by atoms with Crippen LogP contribution in [0.4, 0.5) is 0 Å². The molecule has 132 valence electrons. The van der Waals surface area contributed by atoms with Gasteiger partial charge in [-0.05, 0) is 42.3 Å². The summed E-state index contributed by atoms with van der Waals surface area (Å²) in [6.07, 6.45) is 0.287. The van der Waals surface area contributed by atoms with Crippen molar-refractivity contribution < 1.29 is 14.3 Å². The van der Waals surface area contributed by atoms with Crippen molar-refractivity contribution in [1.82, 2.24) is 4.90 Å². The van der Waals surface area contributed by atoms with Crippen molar-refractivity contribution >= 4 is 29.1 Å². The van der Waals surface area contributed by atoms with Gasteiger partial charge in [0.25, 0.3) is 0 Å². The summed E-state index contributed by atoms with van der Waals surface area (Å²) >= 11 is 11.9. The molecule has 0 radical (unpaired) electrons. The first kappa shape index (κ1) is 17.9. The molecular weight excluding hydrogens is 361 g/mol. The molecule has 0 saturated heterocycles. The van der Waals surface area contributed by atoms with Crippen molar-refractivity contribution in [3.05, 3.63) is 57.6 Å². The van der Waals surface area contributed by atoms with E-state index in [2.05, 4.69) is 0 Å². The van der Waals surface area contributed by atoms with E-state index in [9.17, 15) is 4.79 Å². The number of benzene rings is 2. The molecule has 6 heteroatoms. The van der Waals surface area contributed by atoms with Crippen LogP contribution in [-0.4, -0.2) is 30.6 Å². The zero-order valence-electron chi connectivity index (χ0n) is 13.9. The molecule has 1 heterocycles. The molecule has 0 aromatic heterocycles. The first-order valence-corrected chi connectivity index (χ1v) is 8.92. The van der Waals surface area contributed by atoms with Crippen LogP contribution in [0, 0.1) is 0 Å². The van der Waals surface area contributed by atoms with Crippen LogP contribution in [0.15, 0.2) is 36.4 Å². The molecule has 0 fully saturated rings. The average molecular weight is 380 g/mol. The second kappa shape index (κ2) is 7.98. The quantitative estimate of drug-likeness (QED) is 0.774. The Morgan fingerprint density at radius 1 is 1.00 bits per heavy atom. The normalized spacial score (nSPS) is 12.8. The van der Waals surface area contributed by atoms with Crippen LogP contribution in [0.5, 0.6) is 11.5 Å². The van der Waals surface area contributed by atoms with Crippen LogP contribution in [0.3, 0.4) is 0 Å². The summed E-state index contributed by atoms with van der Waals surface area (Å²) < 4.78 is 11.1. The molecule has 0 N–H and O–H groups in total. The Morgan fingerprint density at radius 2 is 1.72 bits per heavy atom. The number of halogens is 2. The van der Waals surface area contributed by atoms with Crippen LogP contribution >= 0.6 is 23.2 Å². The molecule has 4 nitrogen and oxygen atoms in total. The molecule has 0 atom stereocenters. The number of carbonyl (C=O) groups excluding carboxylic acids is 1. The monoisotopic (exact) mass is 379 g/mol. The highest BCUT2D eigenvalue weighted by molar-refractivity contribution is 6.42. The van der Waals surface area contributed by atoms with Gasteiger partial charge < -0.3 is 14.4 Å². The molecular formula is C19H19Cl2NO3. The summed E-state index contributed by atoms with van der Waals surface area (Å²) in [4.78, 5) is 14.4. The topological polar surface area (TPSA) is 38.8 Å². The van der Waals surface area contributed by atoms with Crippen LogP contribution in [0.1, 0.15) is 18.1 Å². The molecule has 0 unspecified atom stereocenters. The Bertz CT molecular complexity index is 779. The van der Waals surface area contributed by atoms with E-state index in [0.717, 1.165) is 22.6 Å². The molecule has 25 heavy (non-hydrogen) atoms. The lowest BCUT2D eigenvalue weighted by Crippen LogP contribution is -2.31. The summed E-state index contributed by atoms with van der Waals surface area (Å²) in [5, 5.41) is 0.948. The Hall–Kier alpha value is -1.91. The highest BCUT2D eigenvalue weighted by atomic mass is 35.5. The first-order valence-electron chi connectivity index (χ1n) is 8.17. The van der Waals surface area contributed by atoms with Gasteiger partial charge in [0.15, 0.2) is 11.5 Å². The summed E-state index contributed by atoms with van der Waals surface area (Å²) in [5.74, 6) is 1.52. The zero-order chi connectivity index (χ0) is 17.8. The number of amides is 1. The van der Waals surface area contributed by atoms with E-state index in [4.69, 9.17) is 32.7 Å². The second-order valence-electron chi connectivity index (χ2n) is 5.81. The third-order valence-electron chi connectivity index (χ3n) is 4.05. The molecule has 3 rings (SSSR count). The number of fused-ring (bicyclic) bond motifs is 1. The van der Waals surface area contributed by atoms with Gasteiger partial charge in [-0.1, -0.05) is 35.3 Å². The van der Waals surface area contributed by atoms with Gasteiger partial charge in [0, 0.05) is 13.1 Å². The van der Waals surface area contributed by atoms with E-state index >= 15 is 0 Å². The third-order valence-corrected chi connectivity index (χ3v) is 4.79. The number of hydrogen-bond donors (Lipinski definition) is 0. The summed E-state index contributed by atoms with van der Waals surface area (Å²) in [5.41, 5.74) is 1.86. The van der Waals surface area contributed by atoms with E-state index in [0.29, 0.717) is 36.3 Å². The van der Waals surface area contributed by atoms with Gasteiger partial charge in [-0.15, -0.1) is 0 Å². The van der Waals surface area contributed by atoms with Gasteiger partial charge in [0.05, 0.1) is 16.5 Å². The van der Waals surface area contributed by atoms with Gasteiger partial charge in [0.1, 0.15) is 13.2 Å². The third kappa shape index (κ3) is 4.39. The van der Waals surface area contributed by atoms with Crippen LogP contribution in [0.2, 0.25) is 10.0 Å². The average Bonchev–Trinajstić information content (AvgIpc) is 2.62. The van der Waals surface area contributed by atoms with Crippen LogP contribution in [0.25, 0.3) is 0 Å². The molecule has 0 bridgehead atoms. The highest BCUT2D eigenvalue weighted by Gasteiger charge is 2.16. The van der Waals surface area contributed by atoms with Crippen LogP contribution < -0.4 is 9.47 Å². The lowest BCUT2D eigenvalue weighted by atomic mass is 10.1. The van der Waals surface area contributed by atoms with Gasteiger partial charge >= 0.3 is 0 Å². The SMILES string of the molecule is CCN(Cc1ccc2c(c1)OCCO2)C(=O)Cc1ccc(Cl)c(Cl)c1. The van der Waals surface area contributed by atoms with E-state index in [1.807, 2.05) is 31.2 Å². The van der Waals surface area contributed by atoms with E-state index in [-0.39, 0.29) is 12.3 Å². The number of likely N-dealkylation sites (N-methyl/N-ethyl adjacent to an activating group) is 1. The summed E-state index contributed by atoms with van der Waals surface area (Å²) in [6.45, 7) is 4.21. The van der Waals surface area contributed by atoms with Crippen molar-refractivity contribution in [2.45, 2.75) is 19.9 Å². The smallest absolute Gasteiger partial charge is 0.227 e. The fourth-order valence-electron chi connectivity index (χ4n) is 2.72. The van der Waals surface area contributed by atoms with Gasteiger partial charge in [-0.25, -0.2) is 0 Å². The minimum Gasteiger partial charge on any atom is -0.486 e. The van der Waals surface area contributed by atoms with Gasteiger partial charge in [-0.3, -0.25) is 4.79 Å². The van der Waals surface area contributed by atoms with E-state index < -0.39 is 0 Å². The fraction of sp³-hybridized carbons (Fsp3) is 0.316. The maximum Gasteiger partial charge on any atom is 0.227 e. The minimum absolute atomic E-state index is 0.0378.